The highest BCUT2D eigenvalue weighted by Crippen LogP contribution is 2.15. The summed E-state index contributed by atoms with van der Waals surface area (Å²) in [7, 11) is -3.07. The van der Waals surface area contributed by atoms with E-state index in [4.69, 9.17) is 0 Å². The Kier molecular flexibility index (Phi) is 6.71. The molecular formula is C21H25N3O5S. The van der Waals surface area contributed by atoms with E-state index in [2.05, 4.69) is 10.6 Å². The fourth-order valence-corrected chi connectivity index (χ4v) is 4.51. The van der Waals surface area contributed by atoms with Gasteiger partial charge in [0.25, 0.3) is 5.91 Å². The number of amides is 3. The maximum absolute atomic E-state index is 12.4. The normalized spacial score (nSPS) is 16.6. The summed E-state index contributed by atoms with van der Waals surface area (Å²) >= 11 is 0. The van der Waals surface area contributed by atoms with Gasteiger partial charge in [0, 0.05) is 31.6 Å². The molecule has 1 heterocycles. The van der Waals surface area contributed by atoms with Crippen molar-refractivity contribution in [2.24, 2.45) is 0 Å². The van der Waals surface area contributed by atoms with Crippen molar-refractivity contribution in [2.75, 3.05) is 31.1 Å². The van der Waals surface area contributed by atoms with Gasteiger partial charge in [-0.15, -0.1) is 0 Å². The maximum Gasteiger partial charge on any atom is 0.251 e. The molecule has 1 atom stereocenters. The van der Waals surface area contributed by atoms with Crippen LogP contribution in [-0.2, 0) is 19.4 Å². The average molecular weight is 432 g/mol. The van der Waals surface area contributed by atoms with Crippen LogP contribution in [0.2, 0.25) is 0 Å². The van der Waals surface area contributed by atoms with Crippen LogP contribution in [0.5, 0.6) is 0 Å². The SMILES string of the molecule is CC(NC(=O)CCNC(=O)c1ccc2ccccc2c1)C(=O)N1CCS(=O)(=O)CC1. The average Bonchev–Trinajstić information content (AvgIpc) is 2.72. The second kappa shape index (κ2) is 9.25. The number of nitrogens with zero attached hydrogens (tertiary/aromatic N) is 1. The summed E-state index contributed by atoms with van der Waals surface area (Å²) in [5.41, 5.74) is 0.512. The lowest BCUT2D eigenvalue weighted by Gasteiger charge is -2.29. The molecule has 2 aromatic rings. The molecule has 1 unspecified atom stereocenters. The van der Waals surface area contributed by atoms with Crippen LogP contribution >= 0.6 is 0 Å². The van der Waals surface area contributed by atoms with E-state index in [1.54, 1.807) is 19.1 Å². The number of sulfone groups is 1. The zero-order valence-electron chi connectivity index (χ0n) is 16.8. The Labute approximate surface area is 175 Å². The van der Waals surface area contributed by atoms with Crippen molar-refractivity contribution in [2.45, 2.75) is 19.4 Å². The summed E-state index contributed by atoms with van der Waals surface area (Å²) in [5, 5.41) is 7.31. The van der Waals surface area contributed by atoms with Gasteiger partial charge in [0.05, 0.1) is 11.5 Å². The van der Waals surface area contributed by atoms with Gasteiger partial charge in [-0.2, -0.15) is 0 Å². The van der Waals surface area contributed by atoms with Gasteiger partial charge in [0.2, 0.25) is 11.8 Å². The van der Waals surface area contributed by atoms with Crippen molar-refractivity contribution in [1.82, 2.24) is 15.5 Å². The molecule has 30 heavy (non-hydrogen) atoms. The van der Waals surface area contributed by atoms with Crippen molar-refractivity contribution in [3.8, 4) is 0 Å². The maximum atomic E-state index is 12.4. The second-order valence-electron chi connectivity index (χ2n) is 7.33. The highest BCUT2D eigenvalue weighted by Gasteiger charge is 2.28. The fraction of sp³-hybridized carbons (Fsp3) is 0.381. The third kappa shape index (κ3) is 5.56. The molecule has 1 fully saturated rings. The Morgan fingerprint density at radius 2 is 1.70 bits per heavy atom. The predicted octanol–water partition coefficient (Wildman–Crippen LogP) is 0.721. The van der Waals surface area contributed by atoms with Gasteiger partial charge >= 0.3 is 0 Å². The lowest BCUT2D eigenvalue weighted by molar-refractivity contribution is -0.135. The highest BCUT2D eigenvalue weighted by molar-refractivity contribution is 7.91. The Morgan fingerprint density at radius 1 is 1.03 bits per heavy atom. The third-order valence-corrected chi connectivity index (χ3v) is 6.66. The van der Waals surface area contributed by atoms with Crippen molar-refractivity contribution in [3.05, 3.63) is 48.0 Å². The summed E-state index contributed by atoms with van der Waals surface area (Å²) in [6, 6.07) is 12.4. The van der Waals surface area contributed by atoms with E-state index in [9.17, 15) is 22.8 Å². The molecule has 0 bridgehead atoms. The van der Waals surface area contributed by atoms with E-state index in [1.165, 1.54) is 4.90 Å². The molecule has 8 nitrogen and oxygen atoms in total. The van der Waals surface area contributed by atoms with E-state index in [1.807, 2.05) is 30.3 Å². The van der Waals surface area contributed by atoms with Gasteiger partial charge in [-0.3, -0.25) is 14.4 Å². The third-order valence-electron chi connectivity index (χ3n) is 5.05. The summed E-state index contributed by atoms with van der Waals surface area (Å²) in [6.07, 6.45) is 0.0331. The first-order valence-electron chi connectivity index (χ1n) is 9.81. The summed E-state index contributed by atoms with van der Waals surface area (Å²) in [5.74, 6) is -1.05. The van der Waals surface area contributed by atoms with Crippen molar-refractivity contribution in [1.29, 1.82) is 0 Å². The van der Waals surface area contributed by atoms with Crippen LogP contribution in [-0.4, -0.2) is 68.2 Å². The van der Waals surface area contributed by atoms with Gasteiger partial charge in [0.1, 0.15) is 6.04 Å². The lowest BCUT2D eigenvalue weighted by Crippen LogP contribution is -2.51. The lowest BCUT2D eigenvalue weighted by atomic mass is 10.1. The largest absolute Gasteiger partial charge is 0.352 e. The molecule has 1 saturated heterocycles. The first-order chi connectivity index (χ1) is 14.2. The Bertz CT molecular complexity index is 1050. The number of benzene rings is 2. The van der Waals surface area contributed by atoms with E-state index < -0.39 is 15.9 Å². The molecule has 1 aliphatic rings. The van der Waals surface area contributed by atoms with Crippen LogP contribution in [0.3, 0.4) is 0 Å². The zero-order valence-corrected chi connectivity index (χ0v) is 17.6. The molecule has 160 valence electrons. The first kappa shape index (κ1) is 21.8. The van der Waals surface area contributed by atoms with E-state index >= 15 is 0 Å². The van der Waals surface area contributed by atoms with Gasteiger partial charge in [-0.05, 0) is 29.8 Å². The molecular weight excluding hydrogens is 406 g/mol. The van der Waals surface area contributed by atoms with E-state index in [0.29, 0.717) is 5.56 Å². The number of rotatable bonds is 6. The van der Waals surface area contributed by atoms with Crippen LogP contribution in [0.1, 0.15) is 23.7 Å². The van der Waals surface area contributed by atoms with Gasteiger partial charge in [-0.25, -0.2) is 8.42 Å². The molecule has 0 radical (unpaired) electrons. The predicted molar refractivity (Wildman–Crippen MR) is 114 cm³/mol. The second-order valence-corrected chi connectivity index (χ2v) is 9.64. The molecule has 3 rings (SSSR count). The molecule has 2 aromatic carbocycles. The van der Waals surface area contributed by atoms with Crippen LogP contribution < -0.4 is 10.6 Å². The van der Waals surface area contributed by atoms with Crippen molar-refractivity contribution >= 4 is 38.3 Å². The number of carbonyl (C=O) groups is 3. The minimum Gasteiger partial charge on any atom is -0.352 e. The van der Waals surface area contributed by atoms with Crippen LogP contribution in [0.25, 0.3) is 10.8 Å². The summed E-state index contributed by atoms with van der Waals surface area (Å²) < 4.78 is 22.9. The first-order valence-corrected chi connectivity index (χ1v) is 11.6. The van der Waals surface area contributed by atoms with E-state index in [-0.39, 0.29) is 55.3 Å². The number of hydrogen-bond acceptors (Lipinski definition) is 5. The van der Waals surface area contributed by atoms with Crippen LogP contribution in [0.15, 0.2) is 42.5 Å². The van der Waals surface area contributed by atoms with Crippen molar-refractivity contribution in [3.63, 3.8) is 0 Å². The minimum absolute atomic E-state index is 0.0331. The Morgan fingerprint density at radius 3 is 2.40 bits per heavy atom. The van der Waals surface area contributed by atoms with Crippen LogP contribution in [0, 0.1) is 0 Å². The fourth-order valence-electron chi connectivity index (χ4n) is 3.30. The number of fused-ring (bicyclic) bond motifs is 1. The molecule has 9 heteroatoms. The monoisotopic (exact) mass is 431 g/mol. The highest BCUT2D eigenvalue weighted by atomic mass is 32.2. The van der Waals surface area contributed by atoms with Gasteiger partial charge < -0.3 is 15.5 Å². The van der Waals surface area contributed by atoms with E-state index in [0.717, 1.165) is 10.8 Å². The molecule has 0 aromatic heterocycles. The summed E-state index contributed by atoms with van der Waals surface area (Å²) in [6.45, 7) is 1.99. The standard InChI is InChI=1S/C21H25N3O5S/c1-15(21(27)24-10-12-30(28,29)13-11-24)23-19(25)8-9-22-20(26)18-7-6-16-4-2-3-5-17(16)14-18/h2-7,14-15H,8-13H2,1H3,(H,22,26)(H,23,25). The van der Waals surface area contributed by atoms with Crippen molar-refractivity contribution < 1.29 is 22.8 Å². The van der Waals surface area contributed by atoms with Crippen LogP contribution in [0.4, 0.5) is 0 Å². The molecule has 3 amide bonds. The number of hydrogen-bond donors (Lipinski definition) is 2. The summed E-state index contributed by atoms with van der Waals surface area (Å²) in [4.78, 5) is 38.2. The minimum atomic E-state index is -3.07. The molecule has 2 N–H and O–H groups in total. The van der Waals surface area contributed by atoms with Gasteiger partial charge in [0.15, 0.2) is 9.84 Å². The molecule has 0 spiro atoms. The smallest absolute Gasteiger partial charge is 0.251 e. The Balaban J connectivity index is 1.43. The van der Waals surface area contributed by atoms with Gasteiger partial charge in [-0.1, -0.05) is 30.3 Å². The topological polar surface area (TPSA) is 113 Å². The Hall–Kier alpha value is -2.94. The molecule has 1 aliphatic heterocycles. The molecule has 0 saturated carbocycles. The number of carbonyl (C=O) groups excluding carboxylic acids is 3. The number of nitrogens with one attached hydrogen (secondary N) is 2. The zero-order chi connectivity index (χ0) is 21.7. The molecule has 0 aliphatic carbocycles. The quantitative estimate of drug-likeness (QED) is 0.700.